The second-order valence-corrected chi connectivity index (χ2v) is 4.22. The Hall–Kier alpha value is -0.280. The molecular formula is C12H27ClN2O. The van der Waals surface area contributed by atoms with Crippen molar-refractivity contribution in [3.63, 3.8) is 0 Å². The first-order chi connectivity index (χ1) is 7.13. The summed E-state index contributed by atoms with van der Waals surface area (Å²) in [6, 6.07) is -0.293. The van der Waals surface area contributed by atoms with Crippen LogP contribution < -0.4 is 5.73 Å². The molecule has 0 aliphatic heterocycles. The molecule has 0 aliphatic rings. The number of carbonyl (C=O) groups excluding carboxylic acids is 1. The van der Waals surface area contributed by atoms with E-state index in [1.54, 1.807) is 4.90 Å². The van der Waals surface area contributed by atoms with Crippen molar-refractivity contribution in [3.8, 4) is 0 Å². The van der Waals surface area contributed by atoms with Crippen LogP contribution in [0.4, 0.5) is 0 Å². The van der Waals surface area contributed by atoms with Crippen LogP contribution in [-0.4, -0.2) is 30.4 Å². The summed E-state index contributed by atoms with van der Waals surface area (Å²) in [6.07, 6.45) is 6.40. The van der Waals surface area contributed by atoms with E-state index in [4.69, 9.17) is 5.73 Å². The summed E-state index contributed by atoms with van der Waals surface area (Å²) in [4.78, 5) is 13.5. The van der Waals surface area contributed by atoms with Crippen molar-refractivity contribution in [2.45, 2.75) is 58.4 Å². The molecule has 0 fully saturated rings. The van der Waals surface area contributed by atoms with Crippen LogP contribution in [0.1, 0.15) is 52.4 Å². The minimum absolute atomic E-state index is 0. The molecule has 16 heavy (non-hydrogen) atoms. The molecule has 98 valence electrons. The summed E-state index contributed by atoms with van der Waals surface area (Å²) in [5, 5.41) is 0. The Morgan fingerprint density at radius 2 is 1.75 bits per heavy atom. The summed E-state index contributed by atoms with van der Waals surface area (Å²) in [5.74, 6) is 0.0968. The maximum absolute atomic E-state index is 11.7. The molecule has 3 nitrogen and oxygen atoms in total. The van der Waals surface area contributed by atoms with Gasteiger partial charge in [-0.25, -0.2) is 0 Å². The maximum Gasteiger partial charge on any atom is 0.239 e. The van der Waals surface area contributed by atoms with Gasteiger partial charge in [0.1, 0.15) is 0 Å². The molecule has 0 saturated heterocycles. The first-order valence-electron chi connectivity index (χ1n) is 6.14. The molecule has 4 heteroatoms. The van der Waals surface area contributed by atoms with Gasteiger partial charge in [0.15, 0.2) is 0 Å². The zero-order chi connectivity index (χ0) is 11.7. The fourth-order valence-electron chi connectivity index (χ4n) is 1.53. The molecule has 2 N–H and O–H groups in total. The number of nitrogens with zero attached hydrogens (tertiary/aromatic N) is 1. The fraction of sp³-hybridized carbons (Fsp3) is 0.917. The molecule has 0 aliphatic carbocycles. The Morgan fingerprint density at radius 3 is 2.25 bits per heavy atom. The Morgan fingerprint density at radius 1 is 1.19 bits per heavy atom. The van der Waals surface area contributed by atoms with Crippen LogP contribution in [0.3, 0.4) is 0 Å². The van der Waals surface area contributed by atoms with E-state index >= 15 is 0 Å². The van der Waals surface area contributed by atoms with E-state index in [0.717, 1.165) is 32.2 Å². The molecule has 0 rings (SSSR count). The molecule has 0 spiro atoms. The minimum atomic E-state index is -0.293. The smallest absolute Gasteiger partial charge is 0.239 e. The van der Waals surface area contributed by atoms with Gasteiger partial charge in [-0.2, -0.15) is 0 Å². The third kappa shape index (κ3) is 7.94. The number of hydrogen-bond donors (Lipinski definition) is 1. The quantitative estimate of drug-likeness (QED) is 0.673. The third-order valence-corrected chi connectivity index (χ3v) is 2.66. The number of carbonyl (C=O) groups is 1. The van der Waals surface area contributed by atoms with E-state index < -0.39 is 0 Å². The van der Waals surface area contributed by atoms with Crippen molar-refractivity contribution in [2.75, 3.05) is 13.6 Å². The van der Waals surface area contributed by atoms with Crippen molar-refractivity contribution in [3.05, 3.63) is 0 Å². The molecule has 0 heterocycles. The van der Waals surface area contributed by atoms with Crippen molar-refractivity contribution >= 4 is 18.3 Å². The van der Waals surface area contributed by atoms with Crippen molar-refractivity contribution < 1.29 is 4.79 Å². The Balaban J connectivity index is 0. The monoisotopic (exact) mass is 250 g/mol. The lowest BCUT2D eigenvalue weighted by atomic mass is 10.1. The van der Waals surface area contributed by atoms with Crippen LogP contribution in [0.2, 0.25) is 0 Å². The lowest BCUT2D eigenvalue weighted by Gasteiger charge is -2.21. The van der Waals surface area contributed by atoms with Gasteiger partial charge in [-0.05, 0) is 12.8 Å². The summed E-state index contributed by atoms with van der Waals surface area (Å²) in [6.45, 7) is 5.11. The molecular weight excluding hydrogens is 224 g/mol. The lowest BCUT2D eigenvalue weighted by Crippen LogP contribution is -2.42. The van der Waals surface area contributed by atoms with Gasteiger partial charge >= 0.3 is 0 Å². The van der Waals surface area contributed by atoms with Gasteiger partial charge in [0.2, 0.25) is 5.91 Å². The highest BCUT2D eigenvalue weighted by molar-refractivity contribution is 5.85. The number of hydrogen-bond acceptors (Lipinski definition) is 2. The first-order valence-corrected chi connectivity index (χ1v) is 6.14. The first kappa shape index (κ1) is 18.1. The van der Waals surface area contributed by atoms with Crippen LogP contribution in [0.15, 0.2) is 0 Å². The van der Waals surface area contributed by atoms with E-state index in [9.17, 15) is 4.79 Å². The average molecular weight is 251 g/mol. The van der Waals surface area contributed by atoms with Gasteiger partial charge in [-0.15, -0.1) is 12.4 Å². The molecule has 1 atom stereocenters. The molecule has 0 bridgehead atoms. The van der Waals surface area contributed by atoms with Crippen LogP contribution in [0, 0.1) is 0 Å². The van der Waals surface area contributed by atoms with Gasteiger partial charge < -0.3 is 10.6 Å². The van der Waals surface area contributed by atoms with Crippen molar-refractivity contribution in [1.82, 2.24) is 4.90 Å². The zero-order valence-electron chi connectivity index (χ0n) is 10.9. The van der Waals surface area contributed by atoms with Crippen molar-refractivity contribution in [2.24, 2.45) is 5.73 Å². The topological polar surface area (TPSA) is 46.3 Å². The number of amides is 1. The van der Waals surface area contributed by atoms with E-state index in [0.29, 0.717) is 0 Å². The molecule has 0 saturated carbocycles. The molecule has 1 amide bonds. The summed E-state index contributed by atoms with van der Waals surface area (Å²) >= 11 is 0. The van der Waals surface area contributed by atoms with E-state index in [2.05, 4.69) is 13.8 Å². The Labute approximate surface area is 106 Å². The number of likely N-dealkylation sites (N-methyl/N-ethyl adjacent to an activating group) is 1. The highest BCUT2D eigenvalue weighted by Crippen LogP contribution is 2.04. The highest BCUT2D eigenvalue weighted by Gasteiger charge is 2.16. The van der Waals surface area contributed by atoms with E-state index in [-0.39, 0.29) is 24.4 Å². The SMILES string of the molecule is CCCCCC(N)C(=O)N(C)CCCC.Cl. The second kappa shape index (κ2) is 11.2. The normalized spacial score (nSPS) is 11.8. The maximum atomic E-state index is 11.7. The van der Waals surface area contributed by atoms with Gasteiger partial charge in [0.25, 0.3) is 0 Å². The van der Waals surface area contributed by atoms with E-state index in [1.165, 1.54) is 12.8 Å². The number of unbranched alkanes of at least 4 members (excludes halogenated alkanes) is 3. The Bertz CT molecular complexity index is 176. The standard InChI is InChI=1S/C12H26N2O.ClH/c1-4-6-8-9-11(13)12(15)14(3)10-7-5-2;/h11H,4-10,13H2,1-3H3;1H. The summed E-state index contributed by atoms with van der Waals surface area (Å²) in [5.41, 5.74) is 5.84. The minimum Gasteiger partial charge on any atom is -0.344 e. The molecule has 0 aromatic rings. The summed E-state index contributed by atoms with van der Waals surface area (Å²) in [7, 11) is 1.84. The molecule has 0 aromatic carbocycles. The molecule has 1 unspecified atom stereocenters. The summed E-state index contributed by atoms with van der Waals surface area (Å²) < 4.78 is 0. The predicted octanol–water partition coefficient (Wildman–Crippen LogP) is 2.57. The van der Waals surface area contributed by atoms with Crippen LogP contribution in [0.25, 0.3) is 0 Å². The largest absolute Gasteiger partial charge is 0.344 e. The number of halogens is 1. The number of rotatable bonds is 8. The van der Waals surface area contributed by atoms with Crippen LogP contribution >= 0.6 is 12.4 Å². The second-order valence-electron chi connectivity index (χ2n) is 4.22. The van der Waals surface area contributed by atoms with Crippen LogP contribution in [-0.2, 0) is 4.79 Å². The number of nitrogens with two attached hydrogens (primary N) is 1. The van der Waals surface area contributed by atoms with Gasteiger partial charge in [-0.1, -0.05) is 39.5 Å². The third-order valence-electron chi connectivity index (χ3n) is 2.66. The van der Waals surface area contributed by atoms with E-state index in [1.807, 2.05) is 7.05 Å². The molecule has 0 aromatic heterocycles. The van der Waals surface area contributed by atoms with Gasteiger partial charge in [0, 0.05) is 13.6 Å². The zero-order valence-corrected chi connectivity index (χ0v) is 11.7. The van der Waals surface area contributed by atoms with Gasteiger partial charge in [-0.3, -0.25) is 4.79 Å². The Kier molecular flexibility index (Phi) is 12.7. The predicted molar refractivity (Wildman–Crippen MR) is 71.9 cm³/mol. The van der Waals surface area contributed by atoms with Crippen LogP contribution in [0.5, 0.6) is 0 Å². The van der Waals surface area contributed by atoms with Gasteiger partial charge in [0.05, 0.1) is 6.04 Å². The van der Waals surface area contributed by atoms with Crippen molar-refractivity contribution in [1.29, 1.82) is 0 Å². The highest BCUT2D eigenvalue weighted by atomic mass is 35.5. The molecule has 0 radical (unpaired) electrons. The lowest BCUT2D eigenvalue weighted by molar-refractivity contribution is -0.131. The fourth-order valence-corrected chi connectivity index (χ4v) is 1.53. The average Bonchev–Trinajstić information content (AvgIpc) is 2.24.